The van der Waals surface area contributed by atoms with E-state index in [0.717, 1.165) is 81.7 Å². The van der Waals surface area contributed by atoms with Gasteiger partial charge in [-0.1, -0.05) is 205 Å². The van der Waals surface area contributed by atoms with Gasteiger partial charge in [-0.05, 0) is 134 Å². The van der Waals surface area contributed by atoms with Crippen LogP contribution in [-0.4, -0.2) is 46.5 Å². The lowest BCUT2D eigenvalue weighted by molar-refractivity contribution is -0.112. The SMILES string of the molecule is CC(F)(F)c1ccc(N=C2C(=O)N(c3ccccc3)c3ccccc32)cc1.CC(F)(F)c1cccc(N=C2C(=O)N(c3ccccc3)c3ccccc32)c1.Cc1ccc(N=C2C(=O)N(c3ccccc3)c3ccccc32)cc1.O=C1C(=Nc2cccc(Cl)c2)c2ccccc2N1c1ccccc1. The molecule has 4 amide bonds. The van der Waals surface area contributed by atoms with Crippen LogP contribution in [0.3, 0.4) is 0 Å². The molecule has 16 rings (SSSR count). The summed E-state index contributed by atoms with van der Waals surface area (Å²) in [5, 5.41) is 0.593. The second kappa shape index (κ2) is 29.3. The lowest BCUT2D eigenvalue weighted by Crippen LogP contribution is -2.25. The number of alkyl halides is 4. The van der Waals surface area contributed by atoms with Gasteiger partial charge in [0.1, 0.15) is 22.8 Å². The summed E-state index contributed by atoms with van der Waals surface area (Å²) in [6.07, 6.45) is 0. The molecule has 17 heteroatoms. The molecule has 0 saturated heterocycles. The van der Waals surface area contributed by atoms with Gasteiger partial charge < -0.3 is 0 Å². The highest BCUT2D eigenvalue weighted by Crippen LogP contribution is 2.42. The molecule has 12 aromatic carbocycles. The van der Waals surface area contributed by atoms with Crippen LogP contribution >= 0.6 is 11.6 Å². The topological polar surface area (TPSA) is 131 Å². The predicted octanol–water partition coefficient (Wildman–Crippen LogP) is 21.1. The summed E-state index contributed by atoms with van der Waals surface area (Å²) in [5.74, 6) is -6.64. The van der Waals surface area contributed by atoms with Crippen LogP contribution in [0, 0.1) is 6.92 Å². The van der Waals surface area contributed by atoms with Crippen molar-refractivity contribution in [1.29, 1.82) is 0 Å². The van der Waals surface area contributed by atoms with Crippen molar-refractivity contribution in [3.05, 3.63) is 359 Å². The predicted molar refractivity (Wildman–Crippen MR) is 400 cm³/mol. The molecule has 12 nitrogen and oxygen atoms in total. The number of hydrogen-bond donors (Lipinski definition) is 0. The van der Waals surface area contributed by atoms with Gasteiger partial charge in [0, 0.05) is 75.0 Å². The van der Waals surface area contributed by atoms with Crippen molar-refractivity contribution in [2.24, 2.45) is 20.0 Å². The third kappa shape index (κ3) is 14.5. The van der Waals surface area contributed by atoms with Crippen LogP contribution < -0.4 is 19.6 Å². The van der Waals surface area contributed by atoms with Crippen LogP contribution in [0.25, 0.3) is 0 Å². The van der Waals surface area contributed by atoms with Gasteiger partial charge in [0.05, 0.1) is 45.5 Å². The molecule has 0 unspecified atom stereocenters. The average Bonchev–Trinajstić information content (AvgIpc) is 1.64. The lowest BCUT2D eigenvalue weighted by Gasteiger charge is -2.16. The van der Waals surface area contributed by atoms with Crippen LogP contribution in [0.5, 0.6) is 0 Å². The van der Waals surface area contributed by atoms with E-state index in [2.05, 4.69) is 20.0 Å². The zero-order valence-electron chi connectivity index (χ0n) is 55.1. The van der Waals surface area contributed by atoms with Crippen molar-refractivity contribution in [2.75, 3.05) is 19.6 Å². The average molecular weight is 1370 g/mol. The number of rotatable bonds is 10. The maximum Gasteiger partial charge on any atom is 0.282 e. The number of anilines is 8. The van der Waals surface area contributed by atoms with Crippen LogP contribution in [-0.2, 0) is 31.0 Å². The highest BCUT2D eigenvalue weighted by molar-refractivity contribution is 6.58. The largest absolute Gasteiger partial charge is 0.282 e. The molecule has 0 spiro atoms. The second-order valence-corrected chi connectivity index (χ2v) is 24.4. The number of benzene rings is 12. The molecule has 0 atom stereocenters. The van der Waals surface area contributed by atoms with Crippen LogP contribution in [0.1, 0.15) is 52.8 Å². The van der Waals surface area contributed by atoms with Gasteiger partial charge in [0.2, 0.25) is 0 Å². The van der Waals surface area contributed by atoms with Crippen molar-refractivity contribution in [1.82, 2.24) is 0 Å². The standard InChI is InChI=1S/2C22H16F2N2O.C21H16N2O.C20H13ClN2O/c1-22(23,24)15-8-7-9-16(14-15)25-20-18-12-5-6-13-19(18)26(21(20)27)17-10-3-2-4-11-17;1-22(23,24)15-11-13-16(14-12-15)25-20-18-9-5-6-10-19(18)26(21(20)27)17-7-3-2-4-8-17;1-15-11-13-16(14-12-15)22-20-18-9-5-6-10-19(18)23(21(20)24)17-7-3-2-4-8-17;21-14-7-6-8-15(13-14)22-19-17-11-4-5-12-18(17)23(20(19)24)16-9-2-1-3-10-16/h2*2-14H,1H3;2-14H,1H3;1-13H. The second-order valence-electron chi connectivity index (χ2n) is 24.0. The molecule has 4 aliphatic heterocycles. The first-order valence-corrected chi connectivity index (χ1v) is 32.8. The van der Waals surface area contributed by atoms with E-state index in [1.807, 2.05) is 262 Å². The molecule has 0 aliphatic carbocycles. The first-order valence-electron chi connectivity index (χ1n) is 32.5. The van der Waals surface area contributed by atoms with E-state index in [-0.39, 0.29) is 40.5 Å². The van der Waals surface area contributed by atoms with Gasteiger partial charge in [0.15, 0.2) is 0 Å². The van der Waals surface area contributed by atoms with E-state index in [0.29, 0.717) is 44.8 Å². The molecule has 4 heterocycles. The van der Waals surface area contributed by atoms with Crippen LogP contribution in [0.15, 0.2) is 335 Å². The lowest BCUT2D eigenvalue weighted by atomic mass is 10.1. The fourth-order valence-corrected chi connectivity index (χ4v) is 12.1. The number of hydrogen-bond acceptors (Lipinski definition) is 8. The molecule has 4 aliphatic rings. The fourth-order valence-electron chi connectivity index (χ4n) is 11.9. The van der Waals surface area contributed by atoms with E-state index in [1.54, 1.807) is 37.8 Å². The molecule has 500 valence electrons. The Kier molecular flexibility index (Phi) is 19.5. The van der Waals surface area contributed by atoms with E-state index >= 15 is 0 Å². The number of halogens is 5. The molecule has 0 bridgehead atoms. The van der Waals surface area contributed by atoms with E-state index in [9.17, 15) is 36.7 Å². The van der Waals surface area contributed by atoms with E-state index in [1.165, 1.54) is 48.0 Å². The molecule has 0 radical (unpaired) electrons. The monoisotopic (exact) mass is 1370 g/mol. The summed E-state index contributed by atoms with van der Waals surface area (Å²) in [5.41, 5.74) is 14.1. The molecule has 12 aromatic rings. The maximum atomic E-state index is 13.6. The molecule has 0 N–H and O–H groups in total. The number of fused-ring (bicyclic) bond motifs is 4. The number of carbonyl (C=O) groups excluding carboxylic acids is 4. The van der Waals surface area contributed by atoms with Gasteiger partial charge in [-0.2, -0.15) is 0 Å². The van der Waals surface area contributed by atoms with Gasteiger partial charge in [0.25, 0.3) is 35.5 Å². The number of para-hydroxylation sites is 8. The van der Waals surface area contributed by atoms with Gasteiger partial charge >= 0.3 is 0 Å². The zero-order valence-corrected chi connectivity index (χ0v) is 55.9. The molecular formula is C85H61ClF4N8O4. The Balaban J connectivity index is 0.000000122. The number of aliphatic imine (C=N–C) groups is 4. The summed E-state index contributed by atoms with van der Waals surface area (Å²) in [4.78, 5) is 76.9. The van der Waals surface area contributed by atoms with Crippen molar-refractivity contribution >= 4 is 126 Å². The quantitative estimate of drug-likeness (QED) is 0.126. The number of nitrogens with zero attached hydrogens (tertiary/aromatic N) is 8. The maximum absolute atomic E-state index is 13.6. The molecule has 0 saturated carbocycles. The smallest absolute Gasteiger partial charge is 0.275 e. The third-order valence-electron chi connectivity index (χ3n) is 16.8. The summed E-state index contributed by atoms with van der Waals surface area (Å²) in [6.45, 7) is 3.72. The fraction of sp³-hybridized carbons (Fsp3) is 0.0588. The third-order valence-corrected chi connectivity index (χ3v) is 17.0. The van der Waals surface area contributed by atoms with Gasteiger partial charge in [-0.15, -0.1) is 0 Å². The van der Waals surface area contributed by atoms with Gasteiger partial charge in [-0.3, -0.25) is 38.8 Å². The number of carbonyl (C=O) groups is 4. The zero-order chi connectivity index (χ0) is 71.1. The Labute approximate surface area is 591 Å². The first-order chi connectivity index (χ1) is 49.4. The minimum Gasteiger partial charge on any atom is -0.275 e. The van der Waals surface area contributed by atoms with Crippen LogP contribution in [0.4, 0.5) is 85.8 Å². The number of aryl methyl sites for hydroxylation is 1. The summed E-state index contributed by atoms with van der Waals surface area (Å²) in [6, 6.07) is 94.6. The molecule has 0 fully saturated rings. The van der Waals surface area contributed by atoms with Crippen molar-refractivity contribution in [2.45, 2.75) is 32.6 Å². The molecular weight excluding hydrogens is 1310 g/mol. The Morgan fingerprint density at radius 1 is 0.284 bits per heavy atom. The van der Waals surface area contributed by atoms with Crippen molar-refractivity contribution in [3.8, 4) is 0 Å². The molecule has 0 aromatic heterocycles. The number of amides is 4. The Bertz CT molecular complexity index is 5260. The Morgan fingerprint density at radius 2 is 0.559 bits per heavy atom. The summed E-state index contributed by atoms with van der Waals surface area (Å²) in [7, 11) is 0. The van der Waals surface area contributed by atoms with Crippen LogP contribution in [0.2, 0.25) is 5.02 Å². The first kappa shape index (κ1) is 67.8. The Hall–Kier alpha value is -12.8. The van der Waals surface area contributed by atoms with E-state index < -0.39 is 11.8 Å². The summed E-state index contributed by atoms with van der Waals surface area (Å²) >= 11 is 6.03. The van der Waals surface area contributed by atoms with Crippen molar-refractivity contribution < 1.29 is 36.7 Å². The summed E-state index contributed by atoms with van der Waals surface area (Å²) < 4.78 is 54.0. The van der Waals surface area contributed by atoms with Gasteiger partial charge in [-0.25, -0.2) is 37.5 Å². The minimum atomic E-state index is -2.97. The minimum absolute atomic E-state index is 0.0875. The highest BCUT2D eigenvalue weighted by atomic mass is 35.5. The normalized spacial score (nSPS) is 15.1. The Morgan fingerprint density at radius 3 is 0.873 bits per heavy atom. The molecule has 102 heavy (non-hydrogen) atoms. The highest BCUT2D eigenvalue weighted by Gasteiger charge is 2.39. The van der Waals surface area contributed by atoms with E-state index in [4.69, 9.17) is 11.6 Å². The van der Waals surface area contributed by atoms with Crippen molar-refractivity contribution in [3.63, 3.8) is 0 Å².